The molecule has 0 rings (SSSR count). The molecule has 2 unspecified atom stereocenters. The zero-order chi connectivity index (χ0) is 39.9. The van der Waals surface area contributed by atoms with E-state index in [1.807, 2.05) is 21.1 Å². The van der Waals surface area contributed by atoms with E-state index in [-0.39, 0.29) is 25.8 Å². The third kappa shape index (κ3) is 42.4. The Kier molecular flexibility index (Phi) is 38.5. The van der Waals surface area contributed by atoms with E-state index in [4.69, 9.17) is 18.5 Å². The Balaban J connectivity index is 4.19. The van der Waals surface area contributed by atoms with Crippen LogP contribution in [0.5, 0.6) is 0 Å². The smallest absolute Gasteiger partial charge is 0.457 e. The van der Waals surface area contributed by atoms with Gasteiger partial charge in [0.25, 0.3) is 0 Å². The second-order valence-corrected chi connectivity index (χ2v) is 18.2. The van der Waals surface area contributed by atoms with Crippen LogP contribution in [0.25, 0.3) is 0 Å². The van der Waals surface area contributed by atoms with Crippen molar-refractivity contribution in [3.63, 3.8) is 0 Å². The number of quaternary nitrogens is 1. The molecule has 0 amide bonds. The zero-order valence-corrected chi connectivity index (χ0v) is 37.4. The van der Waals surface area contributed by atoms with Crippen molar-refractivity contribution in [2.45, 2.75) is 219 Å². The molecule has 0 aromatic rings. The second-order valence-electron chi connectivity index (χ2n) is 16.8. The Labute approximate surface area is 335 Å². The zero-order valence-electron chi connectivity index (χ0n) is 36.5. The average Bonchev–Trinajstić information content (AvgIpc) is 3.12. The molecule has 8 nitrogen and oxygen atoms in total. The molecule has 0 aromatic carbocycles. The Hall–Kier alpha value is -0.760. The van der Waals surface area contributed by atoms with Gasteiger partial charge in [-0.15, -0.1) is 0 Å². The monoisotopic (exact) mass is 789 g/mol. The Morgan fingerprint density at radius 1 is 0.556 bits per heavy atom. The van der Waals surface area contributed by atoms with Crippen molar-refractivity contribution < 1.29 is 37.3 Å². The van der Waals surface area contributed by atoms with Crippen LogP contribution in [-0.4, -0.2) is 75.6 Å². The number of phosphoric acid groups is 1. The van der Waals surface area contributed by atoms with Crippen molar-refractivity contribution in [2.75, 3.05) is 54.1 Å². The number of ether oxygens (including phenoxy) is 2. The number of hydrogen-bond acceptors (Lipinski definition) is 6. The molecule has 0 aliphatic heterocycles. The van der Waals surface area contributed by atoms with Crippen LogP contribution >= 0.6 is 7.82 Å². The first kappa shape index (κ1) is 53.2. The lowest BCUT2D eigenvalue weighted by Crippen LogP contribution is -2.37. The van der Waals surface area contributed by atoms with Gasteiger partial charge in [0.1, 0.15) is 19.3 Å². The minimum atomic E-state index is -4.27. The topological polar surface area (TPSA) is 91.3 Å². The highest BCUT2D eigenvalue weighted by atomic mass is 31.2. The third-order valence-corrected chi connectivity index (χ3v) is 11.1. The SMILES string of the molecule is CCCCCCCC/C=C\CCCCCCCCOCC(COP(=O)(O)OCC[N+](C)(C)C)OC(=O)CCCCCCCCCCCCCCCCCC. The average molecular weight is 789 g/mol. The van der Waals surface area contributed by atoms with Crippen molar-refractivity contribution in [1.82, 2.24) is 0 Å². The van der Waals surface area contributed by atoms with Crippen LogP contribution in [0.3, 0.4) is 0 Å². The minimum absolute atomic E-state index is 0.0907. The summed E-state index contributed by atoms with van der Waals surface area (Å²) >= 11 is 0. The van der Waals surface area contributed by atoms with Gasteiger partial charge >= 0.3 is 13.8 Å². The summed E-state index contributed by atoms with van der Waals surface area (Å²) in [6.07, 6.45) is 42.4. The van der Waals surface area contributed by atoms with Crippen LogP contribution in [0.4, 0.5) is 0 Å². The summed E-state index contributed by atoms with van der Waals surface area (Å²) in [5.41, 5.74) is 0. The van der Waals surface area contributed by atoms with Crippen LogP contribution in [0.1, 0.15) is 213 Å². The number of hydrogen-bond donors (Lipinski definition) is 1. The standard InChI is InChI=1S/C45H90NO7P/c1-6-8-10-12-14-16-18-20-22-24-26-28-30-32-34-36-38-45(47)53-44(43-52-54(48,49)51-41-39-46(3,4)5)42-50-40-37-35-33-31-29-27-25-23-21-19-17-15-13-11-9-7-2/h21,23,44H,6-20,22,24-43H2,1-5H3/p+1/b23-21-. The van der Waals surface area contributed by atoms with Crippen LogP contribution in [-0.2, 0) is 27.9 Å². The van der Waals surface area contributed by atoms with Gasteiger partial charge in [-0.3, -0.25) is 13.8 Å². The predicted molar refractivity (Wildman–Crippen MR) is 229 cm³/mol. The summed E-state index contributed by atoms with van der Waals surface area (Å²) < 4.78 is 35.0. The molecule has 0 aliphatic carbocycles. The quantitative estimate of drug-likeness (QED) is 0.0216. The summed E-state index contributed by atoms with van der Waals surface area (Å²) in [7, 11) is 1.68. The Morgan fingerprint density at radius 2 is 0.963 bits per heavy atom. The summed E-state index contributed by atoms with van der Waals surface area (Å²) in [6, 6.07) is 0. The number of allylic oxidation sites excluding steroid dienone is 2. The first-order valence-corrected chi connectivity index (χ1v) is 24.4. The fourth-order valence-electron chi connectivity index (χ4n) is 6.49. The maximum atomic E-state index is 12.7. The molecule has 0 aliphatic rings. The normalized spacial score (nSPS) is 13.8. The number of likely N-dealkylation sites (N-methyl/N-ethyl adjacent to an activating group) is 1. The van der Waals surface area contributed by atoms with Gasteiger partial charge in [-0.05, 0) is 38.5 Å². The van der Waals surface area contributed by atoms with E-state index in [1.165, 1.54) is 161 Å². The molecule has 322 valence electrons. The molecule has 0 saturated heterocycles. The fourth-order valence-corrected chi connectivity index (χ4v) is 7.23. The number of carbonyl (C=O) groups excluding carboxylic acids is 1. The molecule has 0 bridgehead atoms. The summed E-state index contributed by atoms with van der Waals surface area (Å²) in [5.74, 6) is -0.312. The summed E-state index contributed by atoms with van der Waals surface area (Å²) in [5, 5.41) is 0. The van der Waals surface area contributed by atoms with E-state index in [9.17, 15) is 14.3 Å². The number of unbranched alkanes of at least 4 members (excludes halogenated alkanes) is 27. The van der Waals surface area contributed by atoms with E-state index in [2.05, 4.69) is 26.0 Å². The first-order chi connectivity index (χ1) is 26.1. The van der Waals surface area contributed by atoms with Crippen molar-refractivity contribution in [1.29, 1.82) is 0 Å². The molecule has 0 radical (unpaired) electrons. The van der Waals surface area contributed by atoms with E-state index in [0.29, 0.717) is 24.1 Å². The van der Waals surface area contributed by atoms with Gasteiger partial charge in [-0.1, -0.05) is 180 Å². The molecule has 0 fully saturated rings. The molecule has 2 atom stereocenters. The number of carbonyl (C=O) groups is 1. The summed E-state index contributed by atoms with van der Waals surface area (Å²) in [4.78, 5) is 22.9. The lowest BCUT2D eigenvalue weighted by molar-refractivity contribution is -0.870. The van der Waals surface area contributed by atoms with E-state index >= 15 is 0 Å². The van der Waals surface area contributed by atoms with E-state index < -0.39 is 13.9 Å². The molecule has 0 aromatic heterocycles. The largest absolute Gasteiger partial charge is 0.472 e. The van der Waals surface area contributed by atoms with Crippen LogP contribution in [0.2, 0.25) is 0 Å². The van der Waals surface area contributed by atoms with Gasteiger partial charge in [0.05, 0.1) is 34.4 Å². The lowest BCUT2D eigenvalue weighted by atomic mass is 10.0. The highest BCUT2D eigenvalue weighted by Gasteiger charge is 2.26. The van der Waals surface area contributed by atoms with Crippen LogP contribution in [0, 0.1) is 0 Å². The lowest BCUT2D eigenvalue weighted by Gasteiger charge is -2.24. The van der Waals surface area contributed by atoms with Gasteiger partial charge in [-0.25, -0.2) is 4.57 Å². The fraction of sp³-hybridized carbons (Fsp3) is 0.933. The highest BCUT2D eigenvalue weighted by molar-refractivity contribution is 7.47. The molecule has 0 heterocycles. The van der Waals surface area contributed by atoms with Crippen molar-refractivity contribution in [3.05, 3.63) is 12.2 Å². The molecular formula is C45H91NO7P+. The number of nitrogens with zero attached hydrogens (tertiary/aromatic N) is 1. The van der Waals surface area contributed by atoms with Gasteiger partial charge in [-0.2, -0.15) is 0 Å². The highest BCUT2D eigenvalue weighted by Crippen LogP contribution is 2.43. The summed E-state index contributed by atoms with van der Waals surface area (Å²) in [6.45, 7) is 5.65. The predicted octanol–water partition coefficient (Wildman–Crippen LogP) is 13.4. The number of rotatable bonds is 43. The number of esters is 1. The second kappa shape index (κ2) is 39.1. The molecule has 9 heteroatoms. The van der Waals surface area contributed by atoms with Gasteiger partial charge < -0.3 is 18.9 Å². The van der Waals surface area contributed by atoms with E-state index in [1.54, 1.807) is 0 Å². The number of phosphoric ester groups is 1. The molecule has 54 heavy (non-hydrogen) atoms. The van der Waals surface area contributed by atoms with Crippen molar-refractivity contribution in [3.8, 4) is 0 Å². The maximum Gasteiger partial charge on any atom is 0.472 e. The maximum absolute atomic E-state index is 12.7. The van der Waals surface area contributed by atoms with Crippen molar-refractivity contribution >= 4 is 13.8 Å². The Morgan fingerprint density at radius 3 is 1.41 bits per heavy atom. The van der Waals surface area contributed by atoms with Gasteiger partial charge in [0.2, 0.25) is 0 Å². The third-order valence-electron chi connectivity index (χ3n) is 10.1. The molecule has 0 spiro atoms. The minimum Gasteiger partial charge on any atom is -0.457 e. The van der Waals surface area contributed by atoms with Crippen LogP contribution in [0.15, 0.2) is 12.2 Å². The Bertz CT molecular complexity index is 879. The van der Waals surface area contributed by atoms with Gasteiger partial charge in [0, 0.05) is 13.0 Å². The molecule has 1 N–H and O–H groups in total. The van der Waals surface area contributed by atoms with Crippen LogP contribution < -0.4 is 0 Å². The van der Waals surface area contributed by atoms with E-state index in [0.717, 1.165) is 32.1 Å². The first-order valence-electron chi connectivity index (χ1n) is 22.9. The van der Waals surface area contributed by atoms with Crippen molar-refractivity contribution in [2.24, 2.45) is 0 Å². The molecule has 0 saturated carbocycles. The van der Waals surface area contributed by atoms with Gasteiger partial charge in [0.15, 0.2) is 0 Å². The molecular weight excluding hydrogens is 697 g/mol.